The van der Waals surface area contributed by atoms with Crippen molar-refractivity contribution in [3.63, 3.8) is 0 Å². The Balaban J connectivity index is 1.36. The first-order valence-corrected chi connectivity index (χ1v) is 9.30. The number of H-pyrrole nitrogens is 1. The molecule has 2 heterocycles. The van der Waals surface area contributed by atoms with Gasteiger partial charge in [0.15, 0.2) is 0 Å². The van der Waals surface area contributed by atoms with Crippen molar-refractivity contribution in [1.29, 1.82) is 0 Å². The number of para-hydroxylation sites is 2. The summed E-state index contributed by atoms with van der Waals surface area (Å²) in [7, 11) is 1.77. The minimum absolute atomic E-state index is 0.0796. The van der Waals surface area contributed by atoms with Crippen molar-refractivity contribution in [3.8, 4) is 0 Å². The van der Waals surface area contributed by atoms with Crippen molar-refractivity contribution in [2.45, 2.75) is 6.42 Å². The largest absolute Gasteiger partial charge is 0.370 e. The lowest BCUT2D eigenvalue weighted by atomic mass is 10.1. The molecule has 0 bridgehead atoms. The third-order valence-electron chi connectivity index (χ3n) is 4.83. The molecular formula is C23H22N4O. The molecule has 4 aromatic rings. The predicted octanol–water partition coefficient (Wildman–Crippen LogP) is 4.49. The lowest BCUT2D eigenvalue weighted by Gasteiger charge is -2.17. The number of fused-ring (bicyclic) bond motifs is 1. The molecule has 4 rings (SSSR count). The molecular weight excluding hydrogens is 348 g/mol. The van der Waals surface area contributed by atoms with E-state index in [4.69, 9.17) is 0 Å². The van der Waals surface area contributed by atoms with E-state index in [1.165, 1.54) is 10.9 Å². The van der Waals surface area contributed by atoms with Crippen molar-refractivity contribution >= 4 is 28.3 Å². The van der Waals surface area contributed by atoms with Crippen LogP contribution in [0.5, 0.6) is 0 Å². The van der Waals surface area contributed by atoms with Crippen molar-refractivity contribution in [2.75, 3.05) is 23.8 Å². The Hall–Kier alpha value is -3.60. The third kappa shape index (κ3) is 3.74. The SMILES string of the molecule is CN(C(=O)c1ccc(NCCc2c[nH]c3ccccc23)nc1)c1ccccc1. The summed E-state index contributed by atoms with van der Waals surface area (Å²) in [6.07, 6.45) is 4.57. The first-order chi connectivity index (χ1) is 13.7. The van der Waals surface area contributed by atoms with Gasteiger partial charge in [0.1, 0.15) is 5.82 Å². The van der Waals surface area contributed by atoms with Crippen LogP contribution in [0.25, 0.3) is 10.9 Å². The van der Waals surface area contributed by atoms with E-state index < -0.39 is 0 Å². The van der Waals surface area contributed by atoms with Crippen LogP contribution < -0.4 is 10.2 Å². The van der Waals surface area contributed by atoms with Gasteiger partial charge in [-0.15, -0.1) is 0 Å². The maximum absolute atomic E-state index is 12.6. The van der Waals surface area contributed by atoms with Crippen molar-refractivity contribution in [3.05, 3.63) is 90.3 Å². The fourth-order valence-electron chi connectivity index (χ4n) is 3.25. The summed E-state index contributed by atoms with van der Waals surface area (Å²) < 4.78 is 0. The van der Waals surface area contributed by atoms with Gasteiger partial charge in [-0.05, 0) is 42.3 Å². The number of rotatable bonds is 6. The zero-order chi connectivity index (χ0) is 19.3. The van der Waals surface area contributed by atoms with Crippen LogP contribution in [0, 0.1) is 0 Å². The summed E-state index contributed by atoms with van der Waals surface area (Å²) in [6, 6.07) is 21.5. The van der Waals surface area contributed by atoms with Gasteiger partial charge in [0, 0.05) is 42.6 Å². The molecule has 28 heavy (non-hydrogen) atoms. The zero-order valence-corrected chi connectivity index (χ0v) is 15.7. The van der Waals surface area contributed by atoms with Gasteiger partial charge in [-0.25, -0.2) is 4.98 Å². The van der Waals surface area contributed by atoms with Crippen molar-refractivity contribution < 1.29 is 4.79 Å². The van der Waals surface area contributed by atoms with Gasteiger partial charge in [0.25, 0.3) is 5.91 Å². The van der Waals surface area contributed by atoms with Crippen LogP contribution in [0.4, 0.5) is 11.5 Å². The number of anilines is 2. The topological polar surface area (TPSA) is 61.0 Å². The first-order valence-electron chi connectivity index (χ1n) is 9.30. The molecule has 1 amide bonds. The molecule has 0 unspecified atom stereocenters. The normalized spacial score (nSPS) is 10.8. The molecule has 2 N–H and O–H groups in total. The number of carbonyl (C=O) groups is 1. The number of pyridine rings is 1. The Morgan fingerprint density at radius 3 is 2.61 bits per heavy atom. The van der Waals surface area contributed by atoms with Crippen LogP contribution in [0.1, 0.15) is 15.9 Å². The second-order valence-electron chi connectivity index (χ2n) is 6.67. The molecule has 140 valence electrons. The number of aromatic nitrogens is 2. The van der Waals surface area contributed by atoms with E-state index in [9.17, 15) is 4.79 Å². The van der Waals surface area contributed by atoms with Crippen LogP contribution in [0.15, 0.2) is 79.1 Å². The molecule has 0 saturated heterocycles. The van der Waals surface area contributed by atoms with E-state index >= 15 is 0 Å². The molecule has 0 spiro atoms. The smallest absolute Gasteiger partial charge is 0.259 e. The van der Waals surface area contributed by atoms with E-state index in [0.29, 0.717) is 5.56 Å². The number of carbonyl (C=O) groups excluding carboxylic acids is 1. The molecule has 0 saturated carbocycles. The maximum Gasteiger partial charge on any atom is 0.259 e. The van der Waals surface area contributed by atoms with E-state index in [1.54, 1.807) is 18.1 Å². The summed E-state index contributed by atoms with van der Waals surface area (Å²) in [6.45, 7) is 0.770. The maximum atomic E-state index is 12.6. The Labute approximate surface area is 164 Å². The highest BCUT2D eigenvalue weighted by molar-refractivity contribution is 6.05. The Kier molecular flexibility index (Phi) is 5.06. The number of aromatic amines is 1. The Morgan fingerprint density at radius 2 is 1.82 bits per heavy atom. The molecule has 2 aromatic heterocycles. The van der Waals surface area contributed by atoms with Crippen LogP contribution in [0.2, 0.25) is 0 Å². The number of nitrogens with zero attached hydrogens (tertiary/aromatic N) is 2. The van der Waals surface area contributed by atoms with Crippen LogP contribution >= 0.6 is 0 Å². The van der Waals surface area contributed by atoms with Gasteiger partial charge >= 0.3 is 0 Å². The van der Waals surface area contributed by atoms with Gasteiger partial charge in [-0.2, -0.15) is 0 Å². The molecule has 0 fully saturated rings. The molecule has 5 nitrogen and oxygen atoms in total. The van der Waals surface area contributed by atoms with Gasteiger partial charge in [0.05, 0.1) is 5.56 Å². The zero-order valence-electron chi connectivity index (χ0n) is 15.7. The van der Waals surface area contributed by atoms with E-state index in [1.807, 2.05) is 48.5 Å². The van der Waals surface area contributed by atoms with Crippen molar-refractivity contribution in [2.24, 2.45) is 0 Å². The number of hydrogen-bond acceptors (Lipinski definition) is 3. The molecule has 0 aliphatic heterocycles. The molecule has 5 heteroatoms. The van der Waals surface area contributed by atoms with E-state index in [-0.39, 0.29) is 5.91 Å². The molecule has 0 aliphatic rings. The molecule has 0 radical (unpaired) electrons. The Bertz CT molecular complexity index is 1070. The summed E-state index contributed by atoms with van der Waals surface area (Å²) in [5.41, 5.74) is 3.85. The van der Waals surface area contributed by atoms with Crippen LogP contribution in [-0.2, 0) is 6.42 Å². The quantitative estimate of drug-likeness (QED) is 0.525. The van der Waals surface area contributed by atoms with Gasteiger partial charge < -0.3 is 15.2 Å². The lowest BCUT2D eigenvalue weighted by molar-refractivity contribution is 0.0992. The van der Waals surface area contributed by atoms with Gasteiger partial charge in [-0.1, -0.05) is 36.4 Å². The minimum Gasteiger partial charge on any atom is -0.370 e. The van der Waals surface area contributed by atoms with E-state index in [2.05, 4.69) is 39.7 Å². The Morgan fingerprint density at radius 1 is 1.04 bits per heavy atom. The minimum atomic E-state index is -0.0796. The summed E-state index contributed by atoms with van der Waals surface area (Å²) in [5.74, 6) is 0.683. The number of benzene rings is 2. The highest BCUT2D eigenvalue weighted by atomic mass is 16.2. The average Bonchev–Trinajstić information content (AvgIpc) is 3.17. The third-order valence-corrected chi connectivity index (χ3v) is 4.83. The van der Waals surface area contributed by atoms with E-state index in [0.717, 1.165) is 30.0 Å². The fraction of sp³-hybridized carbons (Fsp3) is 0.130. The molecule has 0 aliphatic carbocycles. The van der Waals surface area contributed by atoms with Crippen LogP contribution in [0.3, 0.4) is 0 Å². The summed E-state index contributed by atoms with van der Waals surface area (Å²) in [5, 5.41) is 4.58. The summed E-state index contributed by atoms with van der Waals surface area (Å²) >= 11 is 0. The number of nitrogens with one attached hydrogen (secondary N) is 2. The van der Waals surface area contributed by atoms with Gasteiger partial charge in [-0.3, -0.25) is 4.79 Å². The predicted molar refractivity (Wildman–Crippen MR) is 114 cm³/mol. The molecule has 2 aromatic carbocycles. The average molecular weight is 370 g/mol. The number of hydrogen-bond donors (Lipinski definition) is 2. The summed E-state index contributed by atoms with van der Waals surface area (Å²) in [4.78, 5) is 21.9. The second kappa shape index (κ2) is 7.96. The fourth-order valence-corrected chi connectivity index (χ4v) is 3.25. The van der Waals surface area contributed by atoms with Crippen LogP contribution in [-0.4, -0.2) is 29.5 Å². The highest BCUT2D eigenvalue weighted by Gasteiger charge is 2.13. The second-order valence-corrected chi connectivity index (χ2v) is 6.67. The standard InChI is InChI=1S/C23H22N4O/c1-27(19-7-3-2-4-8-19)23(28)18-11-12-22(26-16-18)24-14-13-17-15-25-21-10-6-5-9-20(17)21/h2-12,15-16,25H,13-14H2,1H3,(H,24,26). The number of amides is 1. The van der Waals surface area contributed by atoms with Gasteiger partial charge in [0.2, 0.25) is 0 Å². The highest BCUT2D eigenvalue weighted by Crippen LogP contribution is 2.18. The molecule has 0 atom stereocenters. The first kappa shape index (κ1) is 17.8. The monoisotopic (exact) mass is 370 g/mol. The van der Waals surface area contributed by atoms with Crippen molar-refractivity contribution in [1.82, 2.24) is 9.97 Å². The lowest BCUT2D eigenvalue weighted by Crippen LogP contribution is -2.26.